The summed E-state index contributed by atoms with van der Waals surface area (Å²) in [6.45, 7) is 3.61. The van der Waals surface area contributed by atoms with Crippen LogP contribution in [0.15, 0.2) is 18.2 Å². The van der Waals surface area contributed by atoms with Gasteiger partial charge < -0.3 is 15.4 Å². The molecule has 3 nitrogen and oxygen atoms in total. The lowest BCUT2D eigenvalue weighted by Crippen LogP contribution is -2.31. The van der Waals surface area contributed by atoms with E-state index in [-0.39, 0.29) is 18.0 Å². The van der Waals surface area contributed by atoms with Crippen LogP contribution in [0, 0.1) is 5.82 Å². The molecule has 0 aromatic heterocycles. The van der Waals surface area contributed by atoms with Crippen molar-refractivity contribution in [2.24, 2.45) is 5.73 Å². The molecule has 20 heavy (non-hydrogen) atoms. The van der Waals surface area contributed by atoms with Crippen molar-refractivity contribution in [3.63, 3.8) is 0 Å². The Labute approximate surface area is 120 Å². The van der Waals surface area contributed by atoms with Crippen molar-refractivity contribution in [1.82, 2.24) is 0 Å². The largest absolute Gasteiger partial charge is 0.376 e. The monoisotopic (exact) mass is 280 g/mol. The van der Waals surface area contributed by atoms with Gasteiger partial charge in [0.05, 0.1) is 11.8 Å². The first kappa shape index (κ1) is 15.3. The predicted octanol–water partition coefficient (Wildman–Crippen LogP) is 2.72. The molecule has 1 heterocycles. The van der Waals surface area contributed by atoms with Gasteiger partial charge >= 0.3 is 0 Å². The van der Waals surface area contributed by atoms with Gasteiger partial charge in [0.2, 0.25) is 0 Å². The van der Waals surface area contributed by atoms with Crippen LogP contribution in [0.25, 0.3) is 0 Å². The number of nitrogens with zero attached hydrogens (tertiary/aromatic N) is 1. The first-order chi connectivity index (χ1) is 9.61. The summed E-state index contributed by atoms with van der Waals surface area (Å²) in [5.74, 6) is -0.175. The summed E-state index contributed by atoms with van der Waals surface area (Å²) in [5.41, 5.74) is 7.68. The molecule has 1 aromatic carbocycles. The highest BCUT2D eigenvalue weighted by atomic mass is 19.1. The second-order valence-electron chi connectivity index (χ2n) is 5.64. The van der Waals surface area contributed by atoms with E-state index in [0.717, 1.165) is 38.0 Å². The number of ether oxygens (including phenoxy) is 1. The van der Waals surface area contributed by atoms with Crippen molar-refractivity contribution in [1.29, 1.82) is 0 Å². The lowest BCUT2D eigenvalue weighted by Gasteiger charge is -2.26. The van der Waals surface area contributed by atoms with Crippen LogP contribution in [0.3, 0.4) is 0 Å². The van der Waals surface area contributed by atoms with Crippen LogP contribution in [0.5, 0.6) is 0 Å². The fraction of sp³-hybridized carbons (Fsp3) is 0.625. The van der Waals surface area contributed by atoms with Crippen LogP contribution in [-0.4, -0.2) is 32.3 Å². The zero-order valence-electron chi connectivity index (χ0n) is 12.4. The lowest BCUT2D eigenvalue weighted by molar-refractivity contribution is 0.116. The van der Waals surface area contributed by atoms with Crippen molar-refractivity contribution in [3.8, 4) is 0 Å². The zero-order valence-corrected chi connectivity index (χ0v) is 12.4. The number of halogens is 1. The number of nitrogens with two attached hydrogens (primary N) is 1. The van der Waals surface area contributed by atoms with Gasteiger partial charge in [0.15, 0.2) is 0 Å². The van der Waals surface area contributed by atoms with Gasteiger partial charge in [-0.3, -0.25) is 0 Å². The molecule has 0 amide bonds. The smallest absolute Gasteiger partial charge is 0.146 e. The highest BCUT2D eigenvalue weighted by molar-refractivity contribution is 5.54. The molecule has 0 saturated carbocycles. The molecule has 1 aliphatic heterocycles. The Morgan fingerprint density at radius 3 is 2.95 bits per heavy atom. The van der Waals surface area contributed by atoms with Crippen LogP contribution < -0.4 is 10.6 Å². The molecule has 1 aromatic rings. The zero-order chi connectivity index (χ0) is 14.5. The minimum absolute atomic E-state index is 0.0756. The van der Waals surface area contributed by atoms with Crippen molar-refractivity contribution in [2.45, 2.75) is 44.8 Å². The van der Waals surface area contributed by atoms with Gasteiger partial charge in [-0.05, 0) is 37.3 Å². The van der Waals surface area contributed by atoms with E-state index in [4.69, 9.17) is 10.5 Å². The van der Waals surface area contributed by atoms with Crippen molar-refractivity contribution in [2.75, 3.05) is 25.1 Å². The highest BCUT2D eigenvalue weighted by Gasteiger charge is 2.21. The lowest BCUT2D eigenvalue weighted by atomic mass is 10.0. The minimum Gasteiger partial charge on any atom is -0.376 e. The second kappa shape index (κ2) is 7.04. The molecule has 1 saturated heterocycles. The number of para-hydroxylation sites is 1. The Kier molecular flexibility index (Phi) is 5.38. The molecule has 1 fully saturated rings. The Hall–Kier alpha value is -1.13. The Bertz CT molecular complexity index is 432. The van der Waals surface area contributed by atoms with Crippen LogP contribution in [0.1, 0.15) is 31.7 Å². The first-order valence-corrected chi connectivity index (χ1v) is 7.47. The average Bonchev–Trinajstić information content (AvgIpc) is 2.91. The predicted molar refractivity (Wildman–Crippen MR) is 80.6 cm³/mol. The maximum Gasteiger partial charge on any atom is 0.146 e. The summed E-state index contributed by atoms with van der Waals surface area (Å²) in [6.07, 6.45) is 3.98. The number of hydrogen-bond acceptors (Lipinski definition) is 3. The third kappa shape index (κ3) is 3.70. The molecular weight excluding hydrogens is 255 g/mol. The Morgan fingerprint density at radius 1 is 1.50 bits per heavy atom. The number of anilines is 1. The van der Waals surface area contributed by atoms with Gasteiger partial charge in [-0.15, -0.1) is 0 Å². The fourth-order valence-electron chi connectivity index (χ4n) is 2.76. The van der Waals surface area contributed by atoms with E-state index in [2.05, 4.69) is 6.92 Å². The Balaban J connectivity index is 2.15. The van der Waals surface area contributed by atoms with Crippen LogP contribution in [0.2, 0.25) is 0 Å². The van der Waals surface area contributed by atoms with E-state index < -0.39 is 0 Å². The van der Waals surface area contributed by atoms with Crippen molar-refractivity contribution < 1.29 is 9.13 Å². The quantitative estimate of drug-likeness (QED) is 0.870. The number of benzene rings is 1. The van der Waals surface area contributed by atoms with E-state index in [1.165, 1.54) is 6.07 Å². The highest BCUT2D eigenvalue weighted by Crippen LogP contribution is 2.26. The van der Waals surface area contributed by atoms with Crippen LogP contribution in [0.4, 0.5) is 10.1 Å². The van der Waals surface area contributed by atoms with Crippen molar-refractivity contribution in [3.05, 3.63) is 29.6 Å². The van der Waals surface area contributed by atoms with E-state index in [0.29, 0.717) is 12.1 Å². The van der Waals surface area contributed by atoms with E-state index in [1.54, 1.807) is 6.07 Å². The SMILES string of the molecule is CCC(N)Cc1cccc(F)c1N(C)CC1CCCO1. The van der Waals surface area contributed by atoms with E-state index in [1.807, 2.05) is 18.0 Å². The summed E-state index contributed by atoms with van der Waals surface area (Å²) in [7, 11) is 1.93. The summed E-state index contributed by atoms with van der Waals surface area (Å²) in [5, 5.41) is 0. The van der Waals surface area contributed by atoms with Gasteiger partial charge in [-0.2, -0.15) is 0 Å². The second-order valence-corrected chi connectivity index (χ2v) is 5.64. The maximum absolute atomic E-state index is 14.2. The molecule has 112 valence electrons. The van der Waals surface area contributed by atoms with E-state index in [9.17, 15) is 4.39 Å². The summed E-state index contributed by atoms with van der Waals surface area (Å²) in [4.78, 5) is 1.98. The van der Waals surface area contributed by atoms with Gasteiger partial charge in [-0.25, -0.2) is 4.39 Å². The standard InChI is InChI=1S/C16H25FN2O/c1-3-13(18)10-12-6-4-8-15(17)16(12)19(2)11-14-7-5-9-20-14/h4,6,8,13-14H,3,5,7,9-11,18H2,1-2H3. The van der Waals surface area contributed by atoms with Gasteiger partial charge in [0, 0.05) is 26.2 Å². The summed E-state index contributed by atoms with van der Waals surface area (Å²) in [6, 6.07) is 5.32. The molecule has 0 bridgehead atoms. The molecule has 0 aliphatic carbocycles. The maximum atomic E-state index is 14.2. The average molecular weight is 280 g/mol. The molecule has 2 N–H and O–H groups in total. The van der Waals surface area contributed by atoms with Crippen molar-refractivity contribution >= 4 is 5.69 Å². The van der Waals surface area contributed by atoms with Crippen LogP contribution in [-0.2, 0) is 11.2 Å². The number of rotatable bonds is 6. The topological polar surface area (TPSA) is 38.5 Å². The molecule has 2 unspecified atom stereocenters. The molecule has 2 rings (SSSR count). The van der Waals surface area contributed by atoms with Crippen LogP contribution >= 0.6 is 0 Å². The Morgan fingerprint density at radius 2 is 2.30 bits per heavy atom. The normalized spacial score (nSPS) is 20.1. The molecule has 1 aliphatic rings. The number of hydrogen-bond donors (Lipinski definition) is 1. The fourth-order valence-corrected chi connectivity index (χ4v) is 2.76. The first-order valence-electron chi connectivity index (χ1n) is 7.47. The van der Waals surface area contributed by atoms with Gasteiger partial charge in [0.25, 0.3) is 0 Å². The molecule has 2 atom stereocenters. The minimum atomic E-state index is -0.175. The number of likely N-dealkylation sites (N-methyl/N-ethyl adjacent to an activating group) is 1. The van der Waals surface area contributed by atoms with E-state index >= 15 is 0 Å². The van der Waals surface area contributed by atoms with Gasteiger partial charge in [-0.1, -0.05) is 19.1 Å². The third-order valence-electron chi connectivity index (χ3n) is 3.96. The summed E-state index contributed by atoms with van der Waals surface area (Å²) < 4.78 is 19.8. The molecular formula is C16H25FN2O. The van der Waals surface area contributed by atoms with Gasteiger partial charge in [0.1, 0.15) is 5.82 Å². The molecule has 0 spiro atoms. The third-order valence-corrected chi connectivity index (χ3v) is 3.96. The summed E-state index contributed by atoms with van der Waals surface area (Å²) >= 11 is 0. The molecule has 4 heteroatoms. The molecule has 0 radical (unpaired) electrons.